The Morgan fingerprint density at radius 3 is 2.62 bits per heavy atom. The largest absolute Gasteiger partial charge is 0.398 e. The van der Waals surface area contributed by atoms with E-state index in [4.69, 9.17) is 17.3 Å². The van der Waals surface area contributed by atoms with E-state index in [2.05, 4.69) is 15.5 Å². The van der Waals surface area contributed by atoms with Crippen LogP contribution in [0, 0.1) is 13.8 Å². The second kappa shape index (κ2) is 5.18. The SMILES string of the molecule is Cc1c(N)cccc1-c1nnnn1-c1cccc(Cl)c1C. The molecule has 1 aromatic heterocycles. The number of hydrogen-bond donors (Lipinski definition) is 1. The van der Waals surface area contributed by atoms with Gasteiger partial charge in [0, 0.05) is 16.3 Å². The number of anilines is 1. The van der Waals surface area contributed by atoms with Gasteiger partial charge in [0.2, 0.25) is 0 Å². The molecule has 106 valence electrons. The molecular formula is C15H14ClN5. The summed E-state index contributed by atoms with van der Waals surface area (Å²) in [6.45, 7) is 3.89. The first-order valence-corrected chi connectivity index (χ1v) is 6.86. The molecule has 2 N–H and O–H groups in total. The van der Waals surface area contributed by atoms with Gasteiger partial charge < -0.3 is 5.73 Å². The molecule has 0 bridgehead atoms. The van der Waals surface area contributed by atoms with Gasteiger partial charge in [0.05, 0.1) is 5.69 Å². The number of nitrogen functional groups attached to an aromatic ring is 1. The lowest BCUT2D eigenvalue weighted by molar-refractivity contribution is 0.787. The molecule has 0 radical (unpaired) electrons. The fourth-order valence-electron chi connectivity index (χ4n) is 2.24. The zero-order chi connectivity index (χ0) is 15.0. The number of hydrogen-bond acceptors (Lipinski definition) is 4. The first-order valence-electron chi connectivity index (χ1n) is 6.49. The first kappa shape index (κ1) is 13.6. The molecule has 0 aliphatic carbocycles. The minimum atomic E-state index is 0.644. The summed E-state index contributed by atoms with van der Waals surface area (Å²) in [5, 5.41) is 12.7. The van der Waals surface area contributed by atoms with Gasteiger partial charge in [-0.1, -0.05) is 29.8 Å². The van der Waals surface area contributed by atoms with Crippen LogP contribution >= 0.6 is 11.6 Å². The molecule has 0 amide bonds. The van der Waals surface area contributed by atoms with Crippen LogP contribution in [0.2, 0.25) is 5.02 Å². The molecule has 0 saturated heterocycles. The molecule has 0 aliphatic rings. The Morgan fingerprint density at radius 2 is 1.81 bits per heavy atom. The van der Waals surface area contributed by atoms with Crippen molar-refractivity contribution in [1.82, 2.24) is 20.2 Å². The van der Waals surface area contributed by atoms with Crippen LogP contribution in [0.4, 0.5) is 5.69 Å². The number of nitrogens with zero attached hydrogens (tertiary/aromatic N) is 4. The van der Waals surface area contributed by atoms with Gasteiger partial charge in [-0.05, 0) is 53.6 Å². The van der Waals surface area contributed by atoms with Crippen molar-refractivity contribution in [2.75, 3.05) is 5.73 Å². The monoisotopic (exact) mass is 299 g/mol. The van der Waals surface area contributed by atoms with Gasteiger partial charge in [-0.3, -0.25) is 0 Å². The van der Waals surface area contributed by atoms with Crippen molar-refractivity contribution in [3.8, 4) is 17.1 Å². The molecule has 3 aromatic rings. The van der Waals surface area contributed by atoms with Crippen LogP contribution in [-0.4, -0.2) is 20.2 Å². The van der Waals surface area contributed by atoms with Gasteiger partial charge in [-0.25, -0.2) is 0 Å². The van der Waals surface area contributed by atoms with E-state index < -0.39 is 0 Å². The summed E-state index contributed by atoms with van der Waals surface area (Å²) in [7, 11) is 0. The number of benzene rings is 2. The summed E-state index contributed by atoms with van der Waals surface area (Å²) in [6.07, 6.45) is 0. The molecule has 0 saturated carbocycles. The molecule has 0 unspecified atom stereocenters. The summed E-state index contributed by atoms with van der Waals surface area (Å²) in [5.74, 6) is 0.644. The molecule has 3 rings (SSSR count). The molecular weight excluding hydrogens is 286 g/mol. The summed E-state index contributed by atoms with van der Waals surface area (Å²) < 4.78 is 1.68. The third-order valence-corrected chi connectivity index (χ3v) is 3.96. The third-order valence-electron chi connectivity index (χ3n) is 3.55. The van der Waals surface area contributed by atoms with Gasteiger partial charge in [0.25, 0.3) is 0 Å². The molecule has 1 heterocycles. The van der Waals surface area contributed by atoms with Crippen LogP contribution < -0.4 is 5.73 Å². The first-order chi connectivity index (χ1) is 10.1. The third kappa shape index (κ3) is 2.25. The summed E-state index contributed by atoms with van der Waals surface area (Å²) in [5.41, 5.74) is 10.3. The zero-order valence-corrected chi connectivity index (χ0v) is 12.5. The molecule has 0 spiro atoms. The number of rotatable bonds is 2. The lowest BCUT2D eigenvalue weighted by atomic mass is 10.1. The van der Waals surface area contributed by atoms with Crippen molar-refractivity contribution in [3.63, 3.8) is 0 Å². The van der Waals surface area contributed by atoms with Crippen molar-refractivity contribution in [1.29, 1.82) is 0 Å². The predicted octanol–water partition coefficient (Wildman–Crippen LogP) is 3.18. The number of nitrogens with two attached hydrogens (primary N) is 1. The fourth-order valence-corrected chi connectivity index (χ4v) is 2.41. The maximum atomic E-state index is 6.18. The maximum Gasteiger partial charge on any atom is 0.187 e. The van der Waals surface area contributed by atoms with Gasteiger partial charge in [-0.15, -0.1) is 5.10 Å². The van der Waals surface area contributed by atoms with Crippen LogP contribution in [0.25, 0.3) is 17.1 Å². The average Bonchev–Trinajstić information content (AvgIpc) is 2.94. The van der Waals surface area contributed by atoms with E-state index in [1.165, 1.54) is 0 Å². The van der Waals surface area contributed by atoms with Gasteiger partial charge in [0.15, 0.2) is 5.82 Å². The average molecular weight is 300 g/mol. The van der Waals surface area contributed by atoms with Crippen LogP contribution in [0.1, 0.15) is 11.1 Å². The predicted molar refractivity (Wildman–Crippen MR) is 83.5 cm³/mol. The van der Waals surface area contributed by atoms with E-state index in [1.54, 1.807) is 4.68 Å². The number of tetrazole rings is 1. The van der Waals surface area contributed by atoms with Crippen molar-refractivity contribution < 1.29 is 0 Å². The van der Waals surface area contributed by atoms with Crippen LogP contribution in [0.5, 0.6) is 0 Å². The maximum absolute atomic E-state index is 6.18. The van der Waals surface area contributed by atoms with Crippen LogP contribution in [0.15, 0.2) is 36.4 Å². The zero-order valence-electron chi connectivity index (χ0n) is 11.7. The number of halogens is 1. The Balaban J connectivity index is 2.22. The molecule has 0 aliphatic heterocycles. The van der Waals surface area contributed by atoms with E-state index >= 15 is 0 Å². The molecule has 6 heteroatoms. The highest BCUT2D eigenvalue weighted by Crippen LogP contribution is 2.28. The normalized spacial score (nSPS) is 10.8. The fraction of sp³-hybridized carbons (Fsp3) is 0.133. The molecule has 0 fully saturated rings. The van der Waals surface area contributed by atoms with E-state index in [0.717, 1.165) is 22.4 Å². The highest BCUT2D eigenvalue weighted by atomic mass is 35.5. The summed E-state index contributed by atoms with van der Waals surface area (Å²) in [6, 6.07) is 11.4. The minimum absolute atomic E-state index is 0.644. The van der Waals surface area contributed by atoms with E-state index in [-0.39, 0.29) is 0 Å². The highest BCUT2D eigenvalue weighted by Gasteiger charge is 2.16. The van der Waals surface area contributed by atoms with Gasteiger partial charge in [-0.2, -0.15) is 4.68 Å². The number of aromatic nitrogens is 4. The quantitative estimate of drug-likeness (QED) is 0.738. The van der Waals surface area contributed by atoms with E-state index in [1.807, 2.05) is 50.2 Å². The Morgan fingerprint density at radius 1 is 1.05 bits per heavy atom. The molecule has 5 nitrogen and oxygen atoms in total. The topological polar surface area (TPSA) is 69.6 Å². The van der Waals surface area contributed by atoms with E-state index in [0.29, 0.717) is 16.5 Å². The molecule has 2 aromatic carbocycles. The second-order valence-electron chi connectivity index (χ2n) is 4.82. The standard InChI is InChI=1S/C15H14ClN5/c1-9-11(5-3-7-13(9)17)15-18-19-20-21(15)14-8-4-6-12(16)10(14)2/h3-8H,17H2,1-2H3. The Kier molecular flexibility index (Phi) is 3.35. The molecule has 21 heavy (non-hydrogen) atoms. The Labute approximate surface area is 127 Å². The lowest BCUT2D eigenvalue weighted by Gasteiger charge is -2.11. The highest BCUT2D eigenvalue weighted by molar-refractivity contribution is 6.31. The van der Waals surface area contributed by atoms with Crippen LogP contribution in [0.3, 0.4) is 0 Å². The second-order valence-corrected chi connectivity index (χ2v) is 5.23. The summed E-state index contributed by atoms with van der Waals surface area (Å²) in [4.78, 5) is 0. The van der Waals surface area contributed by atoms with Gasteiger partial charge >= 0.3 is 0 Å². The van der Waals surface area contributed by atoms with Crippen LogP contribution in [-0.2, 0) is 0 Å². The van der Waals surface area contributed by atoms with Gasteiger partial charge in [0.1, 0.15) is 0 Å². The smallest absolute Gasteiger partial charge is 0.187 e. The Bertz CT molecular complexity index is 744. The molecule has 0 atom stereocenters. The van der Waals surface area contributed by atoms with Crippen molar-refractivity contribution in [3.05, 3.63) is 52.5 Å². The van der Waals surface area contributed by atoms with E-state index in [9.17, 15) is 0 Å². The van der Waals surface area contributed by atoms with Crippen molar-refractivity contribution >= 4 is 17.3 Å². The lowest BCUT2D eigenvalue weighted by Crippen LogP contribution is -2.04. The minimum Gasteiger partial charge on any atom is -0.398 e. The van der Waals surface area contributed by atoms with Crippen molar-refractivity contribution in [2.24, 2.45) is 0 Å². The summed E-state index contributed by atoms with van der Waals surface area (Å²) >= 11 is 6.18. The van der Waals surface area contributed by atoms with Crippen molar-refractivity contribution in [2.45, 2.75) is 13.8 Å². The Hall–Kier alpha value is -2.40.